The van der Waals surface area contributed by atoms with Crippen LogP contribution in [0.1, 0.15) is 17.8 Å². The molecule has 3 aromatic rings. The number of thiophene rings is 1. The van der Waals surface area contributed by atoms with Gasteiger partial charge in [-0.2, -0.15) is 0 Å². The zero-order chi connectivity index (χ0) is 22.5. The van der Waals surface area contributed by atoms with Gasteiger partial charge in [0.25, 0.3) is 0 Å². The topological polar surface area (TPSA) is 30.5 Å². The second-order valence-corrected chi connectivity index (χ2v) is 9.66. The zero-order valence-electron chi connectivity index (χ0n) is 17.8. The van der Waals surface area contributed by atoms with Crippen LogP contribution in [0.25, 0.3) is 0 Å². The summed E-state index contributed by atoms with van der Waals surface area (Å²) in [7, 11) is 0. The summed E-state index contributed by atoms with van der Waals surface area (Å²) in [6.45, 7) is 5.40. The van der Waals surface area contributed by atoms with Crippen molar-refractivity contribution in [2.75, 3.05) is 36.4 Å². The van der Waals surface area contributed by atoms with Crippen LogP contribution in [0.2, 0.25) is 5.02 Å². The molecule has 32 heavy (non-hydrogen) atoms. The number of hydrogen-bond donors (Lipinski definition) is 2. The largest absolute Gasteiger partial charge is 0.367 e. The Morgan fingerprint density at radius 1 is 1.06 bits per heavy atom. The number of nitrogens with zero attached hydrogens (tertiary/aromatic N) is 2. The van der Waals surface area contributed by atoms with E-state index < -0.39 is 0 Å². The molecular weight excluding hydrogens is 463 g/mol. The first kappa shape index (κ1) is 23.0. The first-order valence-corrected chi connectivity index (χ1v) is 12.3. The molecule has 0 bridgehead atoms. The van der Waals surface area contributed by atoms with E-state index in [1.165, 1.54) is 10.9 Å². The highest BCUT2D eigenvalue weighted by Crippen LogP contribution is 2.30. The van der Waals surface area contributed by atoms with Crippen LogP contribution in [-0.2, 0) is 0 Å². The van der Waals surface area contributed by atoms with Gasteiger partial charge < -0.3 is 15.5 Å². The Morgan fingerprint density at radius 3 is 2.53 bits per heavy atom. The fourth-order valence-electron chi connectivity index (χ4n) is 4.17. The van der Waals surface area contributed by atoms with Crippen LogP contribution in [0.3, 0.4) is 0 Å². The highest BCUT2D eigenvalue weighted by molar-refractivity contribution is 7.80. The summed E-state index contributed by atoms with van der Waals surface area (Å²) in [5, 5.41) is 10.0. The predicted octanol–water partition coefficient (Wildman–Crippen LogP) is 5.78. The van der Waals surface area contributed by atoms with Crippen LogP contribution < -0.4 is 15.5 Å². The summed E-state index contributed by atoms with van der Waals surface area (Å²) in [5.74, 6) is -0.164. The van der Waals surface area contributed by atoms with Gasteiger partial charge >= 0.3 is 0 Å². The molecule has 1 aliphatic heterocycles. The predicted molar refractivity (Wildman–Crippen MR) is 138 cm³/mol. The fourth-order valence-corrected chi connectivity index (χ4v) is 5.63. The Hall–Kier alpha value is -2.19. The van der Waals surface area contributed by atoms with Gasteiger partial charge in [-0.25, -0.2) is 4.39 Å². The van der Waals surface area contributed by atoms with Crippen molar-refractivity contribution in [2.45, 2.75) is 19.0 Å². The molecule has 0 aliphatic carbocycles. The minimum absolute atomic E-state index is 0.0767. The van der Waals surface area contributed by atoms with Crippen LogP contribution in [0.15, 0.2) is 66.0 Å². The van der Waals surface area contributed by atoms with E-state index in [-0.39, 0.29) is 17.9 Å². The number of benzene rings is 2. The molecule has 8 heteroatoms. The minimum Gasteiger partial charge on any atom is -0.367 e. The maximum Gasteiger partial charge on any atom is 0.171 e. The van der Waals surface area contributed by atoms with Gasteiger partial charge in [0.1, 0.15) is 5.82 Å². The molecule has 1 saturated heterocycles. The third kappa shape index (κ3) is 5.59. The van der Waals surface area contributed by atoms with Gasteiger partial charge in [0, 0.05) is 47.8 Å². The Balaban J connectivity index is 1.43. The molecule has 168 valence electrons. The average molecular weight is 489 g/mol. The lowest BCUT2D eigenvalue weighted by atomic mass is 10.0. The lowest BCUT2D eigenvalue weighted by Crippen LogP contribution is -2.52. The van der Waals surface area contributed by atoms with Crippen LogP contribution in [-0.4, -0.2) is 42.2 Å². The number of rotatable bonds is 6. The molecule has 2 N–H and O–H groups in total. The molecule has 0 unspecified atom stereocenters. The van der Waals surface area contributed by atoms with E-state index in [1.54, 1.807) is 17.4 Å². The van der Waals surface area contributed by atoms with Gasteiger partial charge in [-0.05, 0) is 60.9 Å². The molecule has 0 radical (unpaired) electrons. The van der Waals surface area contributed by atoms with Crippen molar-refractivity contribution in [1.29, 1.82) is 0 Å². The number of piperazine rings is 1. The van der Waals surface area contributed by atoms with Crippen molar-refractivity contribution in [3.05, 3.63) is 81.8 Å². The third-order valence-electron chi connectivity index (χ3n) is 5.65. The molecule has 2 aromatic carbocycles. The molecule has 0 saturated carbocycles. The number of thiocarbonyl (C=S) groups is 1. The monoisotopic (exact) mass is 488 g/mol. The highest BCUT2D eigenvalue weighted by atomic mass is 35.5. The Bertz CT molecular complexity index is 1040. The lowest BCUT2D eigenvalue weighted by Gasteiger charge is -2.42. The van der Waals surface area contributed by atoms with Gasteiger partial charge in [0.05, 0.1) is 11.7 Å². The van der Waals surface area contributed by atoms with Crippen molar-refractivity contribution in [1.82, 2.24) is 10.2 Å². The van der Waals surface area contributed by atoms with Gasteiger partial charge in [0.15, 0.2) is 5.11 Å². The summed E-state index contributed by atoms with van der Waals surface area (Å²) in [6.07, 6.45) is 0. The summed E-state index contributed by atoms with van der Waals surface area (Å²) < 4.78 is 14.2. The van der Waals surface area contributed by atoms with Crippen molar-refractivity contribution < 1.29 is 4.39 Å². The van der Waals surface area contributed by atoms with Crippen molar-refractivity contribution in [2.24, 2.45) is 0 Å². The van der Waals surface area contributed by atoms with Gasteiger partial charge in [0.2, 0.25) is 0 Å². The molecule has 0 spiro atoms. The van der Waals surface area contributed by atoms with Crippen LogP contribution in [0.4, 0.5) is 15.8 Å². The van der Waals surface area contributed by atoms with E-state index in [0.29, 0.717) is 15.8 Å². The Morgan fingerprint density at radius 2 is 1.84 bits per heavy atom. The van der Waals surface area contributed by atoms with Crippen molar-refractivity contribution in [3.63, 3.8) is 0 Å². The van der Waals surface area contributed by atoms with Crippen LogP contribution in [0, 0.1) is 5.82 Å². The lowest BCUT2D eigenvalue weighted by molar-refractivity contribution is 0.163. The molecule has 4 nitrogen and oxygen atoms in total. The molecule has 4 rings (SSSR count). The number of para-hydroxylation sites is 1. The first-order valence-electron chi connectivity index (χ1n) is 10.6. The van der Waals surface area contributed by atoms with Gasteiger partial charge in [-0.1, -0.05) is 35.9 Å². The first-order chi connectivity index (χ1) is 15.5. The van der Waals surface area contributed by atoms with Crippen LogP contribution in [0.5, 0.6) is 0 Å². The summed E-state index contributed by atoms with van der Waals surface area (Å²) in [4.78, 5) is 5.87. The minimum atomic E-state index is -0.164. The molecular formula is C24H26ClFN4S2. The number of halogens is 2. The van der Waals surface area contributed by atoms with Gasteiger partial charge in [-0.15, -0.1) is 11.3 Å². The SMILES string of the molecule is C[C@@H](NC(=S)Nc1cccc(Cl)c1)[C@H](c1cccs1)N1CCN(c2ccccc2F)CC1. The second-order valence-electron chi connectivity index (χ2n) is 7.83. The van der Waals surface area contributed by atoms with E-state index in [0.717, 1.165) is 31.9 Å². The van der Waals surface area contributed by atoms with Gasteiger partial charge in [-0.3, -0.25) is 4.90 Å². The van der Waals surface area contributed by atoms with Crippen molar-refractivity contribution in [3.8, 4) is 0 Å². The van der Waals surface area contributed by atoms with E-state index in [1.807, 2.05) is 36.4 Å². The second kappa shape index (κ2) is 10.6. The van der Waals surface area contributed by atoms with E-state index in [2.05, 4.69) is 44.9 Å². The Kier molecular flexibility index (Phi) is 7.63. The molecule has 1 fully saturated rings. The molecule has 1 aromatic heterocycles. The summed E-state index contributed by atoms with van der Waals surface area (Å²) >= 11 is 13.4. The standard InChI is InChI=1S/C24H26ClFN4S2/c1-17(27-24(31)28-19-7-4-6-18(25)16-19)23(22-10-5-15-32-22)30-13-11-29(12-14-30)21-9-3-2-8-20(21)26/h2-10,15-17,23H,11-14H2,1H3,(H2,27,28,31)/t17-,23-/m1/s1. The zero-order valence-corrected chi connectivity index (χ0v) is 20.2. The highest BCUT2D eigenvalue weighted by Gasteiger charge is 2.31. The van der Waals surface area contributed by atoms with Crippen molar-refractivity contribution >= 4 is 51.6 Å². The number of anilines is 2. The quantitative estimate of drug-likeness (QED) is 0.429. The molecule has 1 aliphatic rings. The Labute approximate surface area is 203 Å². The normalized spacial score (nSPS) is 16.4. The number of nitrogens with one attached hydrogen (secondary N) is 2. The van der Waals surface area contributed by atoms with E-state index in [9.17, 15) is 4.39 Å². The van der Waals surface area contributed by atoms with Crippen LogP contribution >= 0.6 is 35.2 Å². The maximum atomic E-state index is 14.2. The van der Waals surface area contributed by atoms with E-state index in [4.69, 9.17) is 23.8 Å². The third-order valence-corrected chi connectivity index (χ3v) is 7.05. The fraction of sp³-hybridized carbons (Fsp3) is 0.292. The maximum absolute atomic E-state index is 14.2. The summed E-state index contributed by atoms with van der Waals surface area (Å²) in [5.41, 5.74) is 1.53. The average Bonchev–Trinajstić information content (AvgIpc) is 3.29. The summed E-state index contributed by atoms with van der Waals surface area (Å²) in [6, 6.07) is 19.0. The molecule has 2 atom stereocenters. The number of hydrogen-bond acceptors (Lipinski definition) is 4. The molecule has 0 amide bonds. The molecule has 2 heterocycles. The smallest absolute Gasteiger partial charge is 0.171 e. The van der Waals surface area contributed by atoms with E-state index >= 15 is 0 Å².